The van der Waals surface area contributed by atoms with Crippen LogP contribution in [0.2, 0.25) is 5.02 Å². The summed E-state index contributed by atoms with van der Waals surface area (Å²) in [7, 11) is -4.30. The Hall–Kier alpha value is -0.830. The van der Waals surface area contributed by atoms with Crippen molar-refractivity contribution in [1.82, 2.24) is 4.31 Å². The quantitative estimate of drug-likeness (QED) is 0.898. The van der Waals surface area contributed by atoms with Gasteiger partial charge in [0.15, 0.2) is 0 Å². The van der Waals surface area contributed by atoms with Crippen molar-refractivity contribution >= 4 is 21.6 Å². The molecule has 0 spiro atoms. The molecule has 1 saturated heterocycles. The largest absolute Gasteiger partial charge is 0.417 e. The maximum Gasteiger partial charge on any atom is 0.417 e. The number of hydrogen-bond acceptors (Lipinski definition) is 3. The van der Waals surface area contributed by atoms with E-state index in [0.717, 1.165) is 16.4 Å². The van der Waals surface area contributed by atoms with Crippen LogP contribution in [0.3, 0.4) is 0 Å². The number of nitrogens with two attached hydrogens (primary N) is 1. The Labute approximate surface area is 125 Å². The highest BCUT2D eigenvalue weighted by Gasteiger charge is 2.41. The summed E-state index contributed by atoms with van der Waals surface area (Å²) in [6.07, 6.45) is -3.98. The lowest BCUT2D eigenvalue weighted by atomic mass is 10.1. The number of hydrogen-bond donors (Lipinski definition) is 1. The number of halogens is 4. The van der Waals surface area contributed by atoms with Gasteiger partial charge in [-0.25, -0.2) is 8.42 Å². The second kappa shape index (κ2) is 5.75. The van der Waals surface area contributed by atoms with Crippen LogP contribution in [0, 0.1) is 0 Å². The van der Waals surface area contributed by atoms with Crippen LogP contribution in [0.25, 0.3) is 0 Å². The van der Waals surface area contributed by atoms with E-state index in [1.54, 1.807) is 0 Å². The van der Waals surface area contributed by atoms with Gasteiger partial charge in [-0.1, -0.05) is 17.7 Å². The second-order valence-corrected chi connectivity index (χ2v) is 7.14. The fourth-order valence-electron chi connectivity index (χ4n) is 2.24. The summed E-state index contributed by atoms with van der Waals surface area (Å²) in [4.78, 5) is -0.880. The average Bonchev–Trinajstić information content (AvgIpc) is 2.37. The first-order chi connectivity index (χ1) is 9.64. The molecule has 0 unspecified atom stereocenters. The maximum absolute atomic E-state index is 13.0. The van der Waals surface area contributed by atoms with Crippen molar-refractivity contribution in [2.45, 2.75) is 30.0 Å². The van der Waals surface area contributed by atoms with Gasteiger partial charge in [0.1, 0.15) is 4.90 Å². The molecule has 0 bridgehead atoms. The molecule has 2 N–H and O–H groups in total. The molecule has 1 aromatic rings. The Bertz CT molecular complexity index is 626. The SMILES string of the molecule is NC1CCN(S(=O)(=O)c2c(Cl)cccc2C(F)(F)F)CC1. The van der Waals surface area contributed by atoms with Crippen molar-refractivity contribution in [3.05, 3.63) is 28.8 Å². The van der Waals surface area contributed by atoms with Gasteiger partial charge in [-0.05, 0) is 25.0 Å². The van der Waals surface area contributed by atoms with Gasteiger partial charge in [0, 0.05) is 19.1 Å². The van der Waals surface area contributed by atoms with E-state index in [1.165, 1.54) is 0 Å². The average molecular weight is 343 g/mol. The summed E-state index contributed by atoms with van der Waals surface area (Å²) < 4.78 is 65.1. The van der Waals surface area contributed by atoms with Gasteiger partial charge < -0.3 is 5.73 Å². The Morgan fingerprint density at radius 2 is 1.81 bits per heavy atom. The van der Waals surface area contributed by atoms with E-state index in [9.17, 15) is 21.6 Å². The molecule has 4 nitrogen and oxygen atoms in total. The van der Waals surface area contributed by atoms with E-state index >= 15 is 0 Å². The van der Waals surface area contributed by atoms with Gasteiger partial charge in [-0.2, -0.15) is 17.5 Å². The van der Waals surface area contributed by atoms with E-state index in [4.69, 9.17) is 17.3 Å². The summed E-state index contributed by atoms with van der Waals surface area (Å²) in [6.45, 7) is 0.179. The van der Waals surface area contributed by atoms with Crippen molar-refractivity contribution in [1.29, 1.82) is 0 Å². The summed E-state index contributed by atoms with van der Waals surface area (Å²) in [5, 5.41) is -0.431. The van der Waals surface area contributed by atoms with E-state index < -0.39 is 31.7 Å². The number of rotatable bonds is 2. The van der Waals surface area contributed by atoms with Gasteiger partial charge in [-0.3, -0.25) is 0 Å². The topological polar surface area (TPSA) is 63.4 Å². The van der Waals surface area contributed by atoms with Gasteiger partial charge in [0.2, 0.25) is 10.0 Å². The number of alkyl halides is 3. The zero-order valence-electron chi connectivity index (χ0n) is 10.9. The maximum atomic E-state index is 13.0. The van der Waals surface area contributed by atoms with Crippen molar-refractivity contribution < 1.29 is 21.6 Å². The summed E-state index contributed by atoms with van der Waals surface area (Å²) in [6, 6.07) is 2.80. The first-order valence-electron chi connectivity index (χ1n) is 6.25. The summed E-state index contributed by atoms with van der Waals surface area (Å²) in [5.74, 6) is 0. The third kappa shape index (κ3) is 3.33. The molecule has 1 fully saturated rings. The Balaban J connectivity index is 2.50. The molecule has 118 valence electrons. The highest BCUT2D eigenvalue weighted by molar-refractivity contribution is 7.89. The molecule has 21 heavy (non-hydrogen) atoms. The second-order valence-electron chi connectivity index (χ2n) is 4.86. The minimum Gasteiger partial charge on any atom is -0.328 e. The van der Waals surface area contributed by atoms with Crippen LogP contribution < -0.4 is 5.73 Å². The molecular formula is C12H14ClF3N2O2S. The molecule has 1 heterocycles. The zero-order valence-corrected chi connectivity index (χ0v) is 12.5. The number of benzene rings is 1. The van der Waals surface area contributed by atoms with Crippen molar-refractivity contribution in [2.75, 3.05) is 13.1 Å². The fourth-order valence-corrected chi connectivity index (χ4v) is 4.43. The molecule has 0 atom stereocenters. The molecule has 0 saturated carbocycles. The lowest BCUT2D eigenvalue weighted by Crippen LogP contribution is -2.43. The van der Waals surface area contributed by atoms with Crippen molar-refractivity contribution in [2.24, 2.45) is 5.73 Å². The zero-order chi connectivity index (χ0) is 15.8. The van der Waals surface area contributed by atoms with Crippen LogP contribution in [0.15, 0.2) is 23.1 Å². The Morgan fingerprint density at radius 3 is 2.33 bits per heavy atom. The molecule has 0 radical (unpaired) electrons. The van der Waals surface area contributed by atoms with Crippen LogP contribution in [0.5, 0.6) is 0 Å². The molecule has 0 aromatic heterocycles. The van der Waals surface area contributed by atoms with E-state index in [2.05, 4.69) is 0 Å². The predicted octanol–water partition coefficient (Wildman–Crippen LogP) is 2.47. The van der Waals surface area contributed by atoms with Crippen LogP contribution >= 0.6 is 11.6 Å². The minimum atomic E-state index is -4.79. The van der Waals surface area contributed by atoms with Crippen LogP contribution in [-0.4, -0.2) is 31.9 Å². The predicted molar refractivity (Wildman–Crippen MR) is 72.4 cm³/mol. The Kier molecular flexibility index (Phi) is 4.53. The van der Waals surface area contributed by atoms with Gasteiger partial charge >= 0.3 is 6.18 Å². The van der Waals surface area contributed by atoms with Crippen LogP contribution in [0.4, 0.5) is 13.2 Å². The molecule has 2 rings (SSSR count). The standard InChI is InChI=1S/C12H14ClF3N2O2S/c13-10-3-1-2-9(12(14,15)16)11(10)21(19,20)18-6-4-8(17)5-7-18/h1-3,8H,4-7,17H2. The lowest BCUT2D eigenvalue weighted by molar-refractivity contribution is -0.139. The Morgan fingerprint density at radius 1 is 1.24 bits per heavy atom. The first-order valence-corrected chi connectivity index (χ1v) is 8.07. The highest BCUT2D eigenvalue weighted by Crippen LogP contribution is 2.39. The number of piperidine rings is 1. The normalized spacial score (nSPS) is 18.9. The van der Waals surface area contributed by atoms with Crippen molar-refractivity contribution in [3.8, 4) is 0 Å². The minimum absolute atomic E-state index is 0.0893. The molecule has 1 aliphatic rings. The molecule has 1 aromatic carbocycles. The number of nitrogens with zero attached hydrogens (tertiary/aromatic N) is 1. The molecule has 0 amide bonds. The first kappa shape index (κ1) is 16.5. The van der Waals surface area contributed by atoms with Gasteiger partial charge in [0.05, 0.1) is 10.6 Å². The third-order valence-electron chi connectivity index (χ3n) is 3.37. The molecule has 0 aliphatic carbocycles. The smallest absolute Gasteiger partial charge is 0.328 e. The summed E-state index contributed by atoms with van der Waals surface area (Å²) >= 11 is 5.74. The third-order valence-corrected chi connectivity index (χ3v) is 5.80. The van der Waals surface area contributed by atoms with E-state index in [1.807, 2.05) is 0 Å². The number of sulfonamides is 1. The fraction of sp³-hybridized carbons (Fsp3) is 0.500. The summed E-state index contributed by atoms with van der Waals surface area (Å²) in [5.41, 5.74) is 4.43. The molecular weight excluding hydrogens is 329 g/mol. The van der Waals surface area contributed by atoms with Crippen molar-refractivity contribution in [3.63, 3.8) is 0 Å². The van der Waals surface area contributed by atoms with E-state index in [0.29, 0.717) is 18.9 Å². The molecule has 1 aliphatic heterocycles. The van der Waals surface area contributed by atoms with E-state index in [-0.39, 0.29) is 19.1 Å². The lowest BCUT2D eigenvalue weighted by Gasteiger charge is -2.30. The van der Waals surface area contributed by atoms with Gasteiger partial charge in [-0.15, -0.1) is 0 Å². The van der Waals surface area contributed by atoms with Gasteiger partial charge in [0.25, 0.3) is 0 Å². The highest BCUT2D eigenvalue weighted by atomic mass is 35.5. The molecule has 9 heteroatoms. The monoisotopic (exact) mass is 342 g/mol. The van der Waals surface area contributed by atoms with Crippen LogP contribution in [0.1, 0.15) is 18.4 Å². The van der Waals surface area contributed by atoms with Crippen LogP contribution in [-0.2, 0) is 16.2 Å².